The van der Waals surface area contributed by atoms with Crippen molar-refractivity contribution in [3.05, 3.63) is 53.9 Å². The summed E-state index contributed by atoms with van der Waals surface area (Å²) in [5.41, 5.74) is 0.810. The van der Waals surface area contributed by atoms with Crippen molar-refractivity contribution >= 4 is 11.9 Å². The van der Waals surface area contributed by atoms with Crippen LogP contribution in [0.5, 0.6) is 0 Å². The lowest BCUT2D eigenvalue weighted by Crippen LogP contribution is -2.52. The van der Waals surface area contributed by atoms with Gasteiger partial charge in [-0.2, -0.15) is 0 Å². The first-order chi connectivity index (χ1) is 15.0. The van der Waals surface area contributed by atoms with Gasteiger partial charge in [0.25, 0.3) is 0 Å². The number of carbonyl (C=O) groups is 2. The van der Waals surface area contributed by atoms with Crippen LogP contribution in [0.4, 0.5) is 9.18 Å². The molecule has 1 aromatic carbocycles. The predicted molar refractivity (Wildman–Crippen MR) is 117 cm³/mol. The molecule has 0 unspecified atom stereocenters. The van der Waals surface area contributed by atoms with E-state index in [-0.39, 0.29) is 30.2 Å². The molecular formula is C23H32FN5O2. The van der Waals surface area contributed by atoms with Crippen LogP contribution in [0, 0.1) is 12.7 Å². The number of urea groups is 1. The summed E-state index contributed by atoms with van der Waals surface area (Å²) < 4.78 is 15.1. The van der Waals surface area contributed by atoms with Crippen LogP contribution in [0.1, 0.15) is 37.6 Å². The van der Waals surface area contributed by atoms with Crippen LogP contribution < -0.4 is 5.32 Å². The number of carbonyl (C=O) groups excluding carboxylic acids is 2. The van der Waals surface area contributed by atoms with Gasteiger partial charge in [0.05, 0.1) is 6.42 Å². The van der Waals surface area contributed by atoms with Crippen molar-refractivity contribution in [3.63, 3.8) is 0 Å². The first-order valence-electron chi connectivity index (χ1n) is 11.0. The van der Waals surface area contributed by atoms with E-state index in [1.807, 2.05) is 34.4 Å². The Bertz CT molecular complexity index is 859. The Balaban J connectivity index is 1.56. The maximum absolute atomic E-state index is 13.1. The fraction of sp³-hybridized carbons (Fsp3) is 0.522. The van der Waals surface area contributed by atoms with E-state index < -0.39 is 0 Å². The van der Waals surface area contributed by atoms with Gasteiger partial charge in [0.1, 0.15) is 11.6 Å². The van der Waals surface area contributed by atoms with Gasteiger partial charge in [-0.1, -0.05) is 19.1 Å². The summed E-state index contributed by atoms with van der Waals surface area (Å²) in [5.74, 6) is 0.667. The average Bonchev–Trinajstić information content (AvgIpc) is 3.19. The molecule has 0 bridgehead atoms. The number of nitrogens with one attached hydrogen (secondary N) is 1. The number of nitrogens with zero attached hydrogens (tertiary/aromatic N) is 4. The Kier molecular flexibility index (Phi) is 8.03. The van der Waals surface area contributed by atoms with Crippen molar-refractivity contribution in [1.29, 1.82) is 0 Å². The number of likely N-dealkylation sites (tertiary alicyclic amines) is 1. The Hall–Kier alpha value is -2.90. The number of aromatic nitrogens is 2. The highest BCUT2D eigenvalue weighted by molar-refractivity contribution is 5.79. The third-order valence-corrected chi connectivity index (χ3v) is 5.82. The molecule has 1 aliphatic rings. The normalized spacial score (nSPS) is 14.5. The van der Waals surface area contributed by atoms with Crippen LogP contribution in [0.2, 0.25) is 0 Å². The van der Waals surface area contributed by atoms with Crippen LogP contribution in [0.3, 0.4) is 0 Å². The zero-order valence-electron chi connectivity index (χ0n) is 18.4. The summed E-state index contributed by atoms with van der Waals surface area (Å²) >= 11 is 0. The third-order valence-electron chi connectivity index (χ3n) is 5.82. The minimum Gasteiger partial charge on any atom is -0.342 e. The molecule has 0 atom stereocenters. The van der Waals surface area contributed by atoms with E-state index in [9.17, 15) is 14.0 Å². The first-order valence-corrected chi connectivity index (χ1v) is 11.0. The molecule has 1 fully saturated rings. The van der Waals surface area contributed by atoms with Crippen LogP contribution in [-0.4, -0.2) is 63.5 Å². The van der Waals surface area contributed by atoms with E-state index in [0.29, 0.717) is 32.7 Å². The van der Waals surface area contributed by atoms with E-state index in [1.165, 1.54) is 12.1 Å². The summed E-state index contributed by atoms with van der Waals surface area (Å²) in [5, 5.41) is 3.00. The molecule has 1 saturated heterocycles. The highest BCUT2D eigenvalue weighted by atomic mass is 19.1. The largest absolute Gasteiger partial charge is 0.342 e. The van der Waals surface area contributed by atoms with E-state index in [4.69, 9.17) is 0 Å². The Morgan fingerprint density at radius 1 is 1.23 bits per heavy atom. The van der Waals surface area contributed by atoms with Gasteiger partial charge in [-0.15, -0.1) is 0 Å². The van der Waals surface area contributed by atoms with Gasteiger partial charge in [-0.05, 0) is 43.9 Å². The Morgan fingerprint density at radius 2 is 1.94 bits per heavy atom. The number of imidazole rings is 1. The standard InChI is InChI=1S/C23H32FN5O2/c1-3-10-26-23(31)29(16-15-27-14-11-25-18(27)2)21-8-12-28(13-9-21)22(30)17-19-4-6-20(24)7-5-19/h4-7,11,14,21H,3,8-10,12-13,15-17H2,1-2H3,(H,26,31). The molecule has 0 saturated carbocycles. The fourth-order valence-corrected chi connectivity index (χ4v) is 3.95. The Labute approximate surface area is 183 Å². The zero-order chi connectivity index (χ0) is 22.2. The molecule has 0 spiro atoms. The predicted octanol–water partition coefficient (Wildman–Crippen LogP) is 2.99. The maximum Gasteiger partial charge on any atom is 0.317 e. The second-order valence-corrected chi connectivity index (χ2v) is 8.01. The molecule has 0 radical (unpaired) electrons. The molecule has 7 nitrogen and oxygen atoms in total. The van der Waals surface area contributed by atoms with E-state index in [1.54, 1.807) is 18.3 Å². The Morgan fingerprint density at radius 3 is 2.55 bits per heavy atom. The van der Waals surface area contributed by atoms with Gasteiger partial charge in [-0.25, -0.2) is 14.2 Å². The summed E-state index contributed by atoms with van der Waals surface area (Å²) in [6.45, 7) is 7.15. The molecule has 3 amide bonds. The summed E-state index contributed by atoms with van der Waals surface area (Å²) in [4.78, 5) is 33.5. The number of halogens is 1. The molecule has 8 heteroatoms. The second-order valence-electron chi connectivity index (χ2n) is 8.01. The van der Waals surface area contributed by atoms with Gasteiger partial charge in [0.15, 0.2) is 0 Å². The molecule has 2 aromatic rings. The van der Waals surface area contributed by atoms with Crippen molar-refractivity contribution in [2.24, 2.45) is 0 Å². The number of amides is 3. The van der Waals surface area contributed by atoms with E-state index in [0.717, 1.165) is 30.7 Å². The second kappa shape index (κ2) is 10.9. The number of aryl methyl sites for hydroxylation is 1. The van der Waals surface area contributed by atoms with Crippen molar-refractivity contribution in [2.45, 2.75) is 52.1 Å². The highest BCUT2D eigenvalue weighted by Gasteiger charge is 2.29. The number of hydrogen-bond donors (Lipinski definition) is 1. The summed E-state index contributed by atoms with van der Waals surface area (Å²) in [6.07, 6.45) is 6.34. The van der Waals surface area contributed by atoms with Crippen LogP contribution >= 0.6 is 0 Å². The van der Waals surface area contributed by atoms with Crippen molar-refractivity contribution in [1.82, 2.24) is 24.7 Å². The molecule has 168 valence electrons. The van der Waals surface area contributed by atoms with Crippen molar-refractivity contribution < 1.29 is 14.0 Å². The molecule has 1 aromatic heterocycles. The highest BCUT2D eigenvalue weighted by Crippen LogP contribution is 2.18. The quantitative estimate of drug-likeness (QED) is 0.701. The average molecular weight is 430 g/mol. The lowest BCUT2D eigenvalue weighted by atomic mass is 10.0. The topological polar surface area (TPSA) is 70.5 Å². The number of benzene rings is 1. The molecule has 1 N–H and O–H groups in total. The van der Waals surface area contributed by atoms with Crippen molar-refractivity contribution in [2.75, 3.05) is 26.2 Å². The van der Waals surface area contributed by atoms with Gasteiger partial charge >= 0.3 is 6.03 Å². The minimum atomic E-state index is -0.302. The monoisotopic (exact) mass is 429 g/mol. The van der Waals surface area contributed by atoms with E-state index in [2.05, 4.69) is 10.3 Å². The number of rotatable bonds is 8. The summed E-state index contributed by atoms with van der Waals surface area (Å²) in [6, 6.07) is 6.11. The number of piperidine rings is 1. The van der Waals surface area contributed by atoms with Crippen LogP contribution in [0.15, 0.2) is 36.7 Å². The zero-order valence-corrected chi connectivity index (χ0v) is 18.4. The SMILES string of the molecule is CCCNC(=O)N(CCn1ccnc1C)C1CCN(C(=O)Cc2ccc(F)cc2)CC1. The molecule has 0 aliphatic carbocycles. The van der Waals surface area contributed by atoms with Crippen LogP contribution in [-0.2, 0) is 17.8 Å². The van der Waals surface area contributed by atoms with Gasteiger partial charge < -0.3 is 19.7 Å². The molecule has 3 rings (SSSR count). The first kappa shape index (κ1) is 22.8. The summed E-state index contributed by atoms with van der Waals surface area (Å²) in [7, 11) is 0. The number of hydrogen-bond acceptors (Lipinski definition) is 3. The third kappa shape index (κ3) is 6.29. The van der Waals surface area contributed by atoms with Crippen LogP contribution in [0.25, 0.3) is 0 Å². The minimum absolute atomic E-state index is 0.0427. The van der Waals surface area contributed by atoms with Gasteiger partial charge in [0.2, 0.25) is 5.91 Å². The molecular weight excluding hydrogens is 397 g/mol. The molecule has 31 heavy (non-hydrogen) atoms. The lowest BCUT2D eigenvalue weighted by molar-refractivity contribution is -0.131. The molecule has 1 aliphatic heterocycles. The van der Waals surface area contributed by atoms with Gasteiger partial charge in [0, 0.05) is 51.2 Å². The van der Waals surface area contributed by atoms with Crippen molar-refractivity contribution in [3.8, 4) is 0 Å². The fourth-order valence-electron chi connectivity index (χ4n) is 3.95. The smallest absolute Gasteiger partial charge is 0.317 e. The maximum atomic E-state index is 13.1. The van der Waals surface area contributed by atoms with Gasteiger partial charge in [-0.3, -0.25) is 4.79 Å². The van der Waals surface area contributed by atoms with E-state index >= 15 is 0 Å². The molecule has 2 heterocycles. The lowest BCUT2D eigenvalue weighted by Gasteiger charge is -2.38.